The van der Waals surface area contributed by atoms with E-state index in [9.17, 15) is 14.0 Å². The van der Waals surface area contributed by atoms with E-state index < -0.39 is 0 Å². The minimum Gasteiger partial charge on any atom is -0.352 e. The Morgan fingerprint density at radius 1 is 1.02 bits per heavy atom. The van der Waals surface area contributed by atoms with E-state index in [1.807, 2.05) is 48.5 Å². The molecule has 208 valence electrons. The highest BCUT2D eigenvalue weighted by atomic mass is 32.2. The third kappa shape index (κ3) is 7.01. The highest BCUT2D eigenvalue weighted by Gasteiger charge is 2.30. The Bertz CT molecular complexity index is 1370. The lowest BCUT2D eigenvalue weighted by Crippen LogP contribution is -2.40. The predicted octanol–water partition coefficient (Wildman–Crippen LogP) is 6.60. The molecule has 2 atom stereocenters. The molecule has 1 N–H and O–H groups in total. The summed E-state index contributed by atoms with van der Waals surface area (Å²) in [5, 5.41) is 3.06. The predicted molar refractivity (Wildman–Crippen MR) is 161 cm³/mol. The molecule has 0 unspecified atom stereocenters. The van der Waals surface area contributed by atoms with Gasteiger partial charge in [-0.3, -0.25) is 9.59 Å². The van der Waals surface area contributed by atoms with E-state index >= 15 is 0 Å². The number of hydrogen-bond acceptors (Lipinski definition) is 4. The van der Waals surface area contributed by atoms with E-state index in [2.05, 4.69) is 24.1 Å². The molecule has 0 bridgehead atoms. The average Bonchev–Trinajstić information content (AvgIpc) is 2.94. The monoisotopic (exact) mass is 557 g/mol. The lowest BCUT2D eigenvalue weighted by atomic mass is 9.92. The van der Waals surface area contributed by atoms with Crippen molar-refractivity contribution in [2.45, 2.75) is 38.1 Å². The Morgan fingerprint density at radius 3 is 2.48 bits per heavy atom. The normalized spacial score (nSPS) is 20.4. The van der Waals surface area contributed by atoms with Crippen molar-refractivity contribution in [2.24, 2.45) is 11.8 Å². The SMILES string of the molecule is C[C@@H]1C[C@@H](C)CN(CCCNC(=O)c2ccc3c(c2)N(Cc2ccc(F)cc2)C(=O)/C(=C/c2ccccc2)S3)C1. The quantitative estimate of drug-likeness (QED) is 0.250. The van der Waals surface area contributed by atoms with Crippen molar-refractivity contribution in [3.8, 4) is 0 Å². The first-order chi connectivity index (χ1) is 19.4. The van der Waals surface area contributed by atoms with Crippen molar-refractivity contribution in [3.63, 3.8) is 0 Å². The maximum atomic E-state index is 13.7. The summed E-state index contributed by atoms with van der Waals surface area (Å²) in [6.45, 7) is 8.72. The van der Waals surface area contributed by atoms with Gasteiger partial charge < -0.3 is 15.1 Å². The van der Waals surface area contributed by atoms with Crippen molar-refractivity contribution in [1.82, 2.24) is 10.2 Å². The topological polar surface area (TPSA) is 52.7 Å². The number of likely N-dealkylation sites (tertiary alicyclic amines) is 1. The van der Waals surface area contributed by atoms with Crippen molar-refractivity contribution in [2.75, 3.05) is 31.1 Å². The summed E-state index contributed by atoms with van der Waals surface area (Å²) in [6, 6.07) is 21.4. The van der Waals surface area contributed by atoms with Gasteiger partial charge in [0.25, 0.3) is 11.8 Å². The van der Waals surface area contributed by atoms with Crippen LogP contribution in [0.25, 0.3) is 6.08 Å². The number of anilines is 1. The van der Waals surface area contributed by atoms with Crippen LogP contribution < -0.4 is 10.2 Å². The van der Waals surface area contributed by atoms with Crippen LogP contribution in [0.1, 0.15) is 48.2 Å². The van der Waals surface area contributed by atoms with E-state index in [0.29, 0.717) is 22.7 Å². The van der Waals surface area contributed by atoms with Gasteiger partial charge in [0.15, 0.2) is 0 Å². The molecule has 2 aliphatic rings. The summed E-state index contributed by atoms with van der Waals surface area (Å²) in [6.07, 6.45) is 4.07. The van der Waals surface area contributed by atoms with Gasteiger partial charge in [0, 0.05) is 30.1 Å². The van der Waals surface area contributed by atoms with Crippen molar-refractivity contribution >= 4 is 35.3 Å². The summed E-state index contributed by atoms with van der Waals surface area (Å²) in [7, 11) is 0. The van der Waals surface area contributed by atoms with Gasteiger partial charge in [-0.25, -0.2) is 4.39 Å². The molecule has 0 aliphatic carbocycles. The van der Waals surface area contributed by atoms with Gasteiger partial charge in [0.1, 0.15) is 5.82 Å². The van der Waals surface area contributed by atoms with Crippen LogP contribution in [-0.2, 0) is 11.3 Å². The molecule has 0 saturated carbocycles. The molecule has 2 aliphatic heterocycles. The van der Waals surface area contributed by atoms with Crippen molar-refractivity contribution in [1.29, 1.82) is 0 Å². The zero-order valence-electron chi connectivity index (χ0n) is 23.1. The molecule has 0 spiro atoms. The molecular formula is C33H36FN3O2S. The van der Waals surface area contributed by atoms with Crippen LogP contribution in [0.2, 0.25) is 0 Å². The summed E-state index contributed by atoms with van der Waals surface area (Å²) < 4.78 is 13.6. The number of benzene rings is 3. The first kappa shape index (κ1) is 28.1. The van der Waals surface area contributed by atoms with Crippen LogP contribution in [0.4, 0.5) is 10.1 Å². The molecule has 7 heteroatoms. The van der Waals surface area contributed by atoms with Crippen LogP contribution in [0.3, 0.4) is 0 Å². The smallest absolute Gasteiger partial charge is 0.265 e. The summed E-state index contributed by atoms with van der Waals surface area (Å²) >= 11 is 1.41. The molecule has 0 aromatic heterocycles. The third-order valence-electron chi connectivity index (χ3n) is 7.42. The number of carbonyl (C=O) groups excluding carboxylic acids is 2. The molecule has 0 radical (unpaired) electrons. The highest BCUT2D eigenvalue weighted by molar-refractivity contribution is 8.04. The Morgan fingerprint density at radius 2 is 1.75 bits per heavy atom. The number of thioether (sulfide) groups is 1. The standard InChI is InChI=1S/C33H36FN3O2S/c1-23-17-24(2)21-36(20-23)16-6-15-35-32(38)27-11-14-30-29(19-27)37(22-26-9-12-28(34)13-10-26)33(39)31(40-30)18-25-7-4-3-5-8-25/h3-5,7-14,18-19,23-24H,6,15-17,20-22H2,1-2H3,(H,35,38)/b31-18-/t23-,24-/m1/s1. The Balaban J connectivity index is 1.32. The van der Waals surface area contributed by atoms with Crippen molar-refractivity contribution < 1.29 is 14.0 Å². The van der Waals surface area contributed by atoms with Gasteiger partial charge in [0.05, 0.1) is 17.1 Å². The summed E-state index contributed by atoms with van der Waals surface area (Å²) in [5.41, 5.74) is 2.95. The molecule has 2 amide bonds. The second kappa shape index (κ2) is 12.8. The molecule has 40 heavy (non-hydrogen) atoms. The lowest BCUT2D eigenvalue weighted by molar-refractivity contribution is -0.114. The summed E-state index contributed by atoms with van der Waals surface area (Å²) in [4.78, 5) is 32.5. The van der Waals surface area contributed by atoms with E-state index in [0.717, 1.165) is 53.9 Å². The van der Waals surface area contributed by atoms with Gasteiger partial charge in [-0.15, -0.1) is 0 Å². The number of amides is 2. The molecule has 2 heterocycles. The number of carbonyl (C=O) groups is 2. The van der Waals surface area contributed by atoms with Crippen molar-refractivity contribution in [3.05, 3.63) is 100 Å². The highest BCUT2D eigenvalue weighted by Crippen LogP contribution is 2.43. The molecular weight excluding hydrogens is 521 g/mol. The number of fused-ring (bicyclic) bond motifs is 1. The average molecular weight is 558 g/mol. The maximum Gasteiger partial charge on any atom is 0.265 e. The Labute approximate surface area is 240 Å². The van der Waals surface area contributed by atoms with E-state index in [1.165, 1.54) is 30.3 Å². The fraction of sp³-hybridized carbons (Fsp3) is 0.333. The fourth-order valence-electron chi connectivity index (χ4n) is 5.66. The van der Waals surface area contributed by atoms with Gasteiger partial charge in [-0.05, 0) is 78.8 Å². The van der Waals surface area contributed by atoms with Gasteiger partial charge >= 0.3 is 0 Å². The fourth-order valence-corrected chi connectivity index (χ4v) is 6.70. The zero-order chi connectivity index (χ0) is 28.1. The molecule has 3 aromatic carbocycles. The van der Waals surface area contributed by atoms with E-state index in [4.69, 9.17) is 0 Å². The first-order valence-electron chi connectivity index (χ1n) is 14.0. The van der Waals surface area contributed by atoms with Crippen LogP contribution in [0.5, 0.6) is 0 Å². The largest absolute Gasteiger partial charge is 0.352 e. The van der Waals surface area contributed by atoms with E-state index in [1.54, 1.807) is 23.1 Å². The maximum absolute atomic E-state index is 13.7. The van der Waals surface area contributed by atoms with Crippen LogP contribution >= 0.6 is 11.8 Å². The van der Waals surface area contributed by atoms with Crippen LogP contribution in [0.15, 0.2) is 82.6 Å². The zero-order valence-corrected chi connectivity index (χ0v) is 23.9. The van der Waals surface area contributed by atoms with Crippen LogP contribution in [-0.4, -0.2) is 42.9 Å². The number of nitrogens with one attached hydrogen (secondary N) is 1. The summed E-state index contributed by atoms with van der Waals surface area (Å²) in [5.74, 6) is 0.824. The number of nitrogens with zero attached hydrogens (tertiary/aromatic N) is 2. The molecule has 1 saturated heterocycles. The number of piperidine rings is 1. The third-order valence-corrected chi connectivity index (χ3v) is 8.50. The molecule has 5 nitrogen and oxygen atoms in total. The minimum absolute atomic E-state index is 0.145. The first-order valence-corrected chi connectivity index (χ1v) is 14.8. The molecule has 5 rings (SSSR count). The number of hydrogen-bond donors (Lipinski definition) is 1. The van der Waals surface area contributed by atoms with Gasteiger partial charge in [0.2, 0.25) is 0 Å². The second-order valence-corrected chi connectivity index (χ2v) is 12.1. The Hall–Kier alpha value is -3.42. The number of rotatable bonds is 8. The van der Waals surface area contributed by atoms with Crippen LogP contribution in [0, 0.1) is 17.7 Å². The minimum atomic E-state index is -0.322. The second-order valence-electron chi connectivity index (χ2n) is 11.0. The van der Waals surface area contributed by atoms with Gasteiger partial charge in [-0.2, -0.15) is 0 Å². The molecule has 3 aromatic rings. The van der Waals surface area contributed by atoms with Gasteiger partial charge in [-0.1, -0.05) is 68.1 Å². The number of halogens is 1. The van der Waals surface area contributed by atoms with E-state index in [-0.39, 0.29) is 24.2 Å². The Kier molecular flexibility index (Phi) is 9.02. The lowest BCUT2D eigenvalue weighted by Gasteiger charge is -2.34. The molecule has 1 fully saturated rings.